The summed E-state index contributed by atoms with van der Waals surface area (Å²) in [6.45, 7) is 0.758. The number of unbranched alkanes of at least 4 members (excludes halogenated alkanes) is 3. The smallest absolute Gasteiger partial charge is 0.190 e. The molecule has 0 fully saturated rings. The molecule has 0 atom stereocenters. The summed E-state index contributed by atoms with van der Waals surface area (Å²) in [6, 6.07) is 0. The van der Waals surface area contributed by atoms with Crippen molar-refractivity contribution in [1.29, 1.82) is 0 Å². The van der Waals surface area contributed by atoms with Gasteiger partial charge in [0.15, 0.2) is 3.79 Å². The van der Waals surface area contributed by atoms with E-state index >= 15 is 0 Å². The van der Waals surface area contributed by atoms with E-state index < -0.39 is 3.79 Å². The van der Waals surface area contributed by atoms with Crippen LogP contribution >= 0.6 is 34.8 Å². The Hall–Kier alpha value is 0.830. The van der Waals surface area contributed by atoms with Crippen molar-refractivity contribution < 1.29 is 0 Å². The summed E-state index contributed by atoms with van der Waals surface area (Å²) in [7, 11) is 0. The maximum absolute atomic E-state index is 5.55. The molecule has 4 heteroatoms. The molecular formula is C7H14Cl3N. The van der Waals surface area contributed by atoms with Crippen molar-refractivity contribution in [1.82, 2.24) is 0 Å². The van der Waals surface area contributed by atoms with E-state index in [1.807, 2.05) is 0 Å². The topological polar surface area (TPSA) is 26.0 Å². The van der Waals surface area contributed by atoms with Crippen molar-refractivity contribution in [3.8, 4) is 0 Å². The standard InChI is InChI=1S/C7H14Cl3N/c8-7(9,10)5-3-1-2-4-6-11/h1-6,11H2. The Kier molecular flexibility index (Phi) is 6.84. The maximum atomic E-state index is 5.55. The van der Waals surface area contributed by atoms with E-state index in [0.29, 0.717) is 6.42 Å². The van der Waals surface area contributed by atoms with Gasteiger partial charge in [0.2, 0.25) is 0 Å². The highest BCUT2D eigenvalue weighted by Crippen LogP contribution is 2.31. The van der Waals surface area contributed by atoms with Gasteiger partial charge < -0.3 is 5.73 Å². The molecule has 0 aliphatic carbocycles. The zero-order valence-corrected chi connectivity index (χ0v) is 8.72. The quantitative estimate of drug-likeness (QED) is 0.556. The summed E-state index contributed by atoms with van der Waals surface area (Å²) in [4.78, 5) is 0. The minimum Gasteiger partial charge on any atom is -0.330 e. The second kappa shape index (κ2) is 6.36. The zero-order valence-electron chi connectivity index (χ0n) is 6.45. The van der Waals surface area contributed by atoms with Gasteiger partial charge in [0.1, 0.15) is 0 Å². The largest absolute Gasteiger partial charge is 0.330 e. The first kappa shape index (κ1) is 11.8. The number of alkyl halides is 3. The van der Waals surface area contributed by atoms with E-state index in [1.165, 1.54) is 0 Å². The van der Waals surface area contributed by atoms with Gasteiger partial charge in [0.25, 0.3) is 0 Å². The normalized spacial score (nSPS) is 12.0. The van der Waals surface area contributed by atoms with E-state index in [-0.39, 0.29) is 0 Å². The molecule has 0 spiro atoms. The molecule has 2 N–H and O–H groups in total. The molecular weight excluding hydrogens is 204 g/mol. The van der Waals surface area contributed by atoms with Crippen LogP contribution in [0.1, 0.15) is 32.1 Å². The van der Waals surface area contributed by atoms with Gasteiger partial charge in [-0.3, -0.25) is 0 Å². The molecule has 0 aromatic heterocycles. The molecule has 0 bridgehead atoms. The Morgan fingerprint density at radius 1 is 0.909 bits per heavy atom. The van der Waals surface area contributed by atoms with E-state index in [2.05, 4.69) is 0 Å². The first-order valence-electron chi connectivity index (χ1n) is 3.83. The van der Waals surface area contributed by atoms with Crippen LogP contribution in [-0.2, 0) is 0 Å². The number of rotatable bonds is 5. The van der Waals surface area contributed by atoms with Crippen molar-refractivity contribution in [2.75, 3.05) is 6.54 Å². The Morgan fingerprint density at radius 2 is 1.45 bits per heavy atom. The summed E-state index contributed by atoms with van der Waals surface area (Å²) in [5, 5.41) is 0. The molecule has 0 aliphatic rings. The lowest BCUT2D eigenvalue weighted by Gasteiger charge is -2.09. The monoisotopic (exact) mass is 217 g/mol. The molecule has 0 radical (unpaired) electrons. The fourth-order valence-electron chi connectivity index (χ4n) is 0.823. The predicted octanol–water partition coefficient (Wildman–Crippen LogP) is 3.27. The van der Waals surface area contributed by atoms with Crippen molar-refractivity contribution in [3.05, 3.63) is 0 Å². The van der Waals surface area contributed by atoms with Crippen LogP contribution in [-0.4, -0.2) is 10.3 Å². The van der Waals surface area contributed by atoms with Crippen molar-refractivity contribution >= 4 is 34.8 Å². The first-order chi connectivity index (χ1) is 5.06. The van der Waals surface area contributed by atoms with E-state index in [1.54, 1.807) is 0 Å². The number of halogens is 3. The summed E-state index contributed by atoms with van der Waals surface area (Å²) in [6.07, 6.45) is 4.92. The van der Waals surface area contributed by atoms with Crippen LogP contribution in [0, 0.1) is 0 Å². The van der Waals surface area contributed by atoms with Gasteiger partial charge in [-0.25, -0.2) is 0 Å². The molecule has 0 aliphatic heterocycles. The molecule has 1 nitrogen and oxygen atoms in total. The summed E-state index contributed by atoms with van der Waals surface area (Å²) < 4.78 is -1.07. The lowest BCUT2D eigenvalue weighted by molar-refractivity contribution is 0.624. The third kappa shape index (κ3) is 10.8. The van der Waals surface area contributed by atoms with Crippen LogP contribution in [0.25, 0.3) is 0 Å². The summed E-state index contributed by atoms with van der Waals surface area (Å²) >= 11 is 16.7. The highest BCUT2D eigenvalue weighted by Gasteiger charge is 2.17. The zero-order chi connectivity index (χ0) is 8.74. The lowest BCUT2D eigenvalue weighted by Crippen LogP contribution is -2.02. The second-order valence-corrected chi connectivity index (χ2v) is 5.08. The highest BCUT2D eigenvalue weighted by molar-refractivity contribution is 6.67. The lowest BCUT2D eigenvalue weighted by atomic mass is 10.1. The van der Waals surface area contributed by atoms with Crippen LogP contribution in [0.5, 0.6) is 0 Å². The molecule has 0 aromatic carbocycles. The molecule has 0 aromatic rings. The fraction of sp³-hybridized carbons (Fsp3) is 1.00. The van der Waals surface area contributed by atoms with E-state index in [9.17, 15) is 0 Å². The average Bonchev–Trinajstić information content (AvgIpc) is 1.85. The number of hydrogen-bond acceptors (Lipinski definition) is 1. The minimum absolute atomic E-state index is 0.641. The summed E-state index contributed by atoms with van der Waals surface area (Å²) in [5.41, 5.74) is 5.32. The van der Waals surface area contributed by atoms with E-state index in [4.69, 9.17) is 40.5 Å². The van der Waals surface area contributed by atoms with Crippen LogP contribution < -0.4 is 5.73 Å². The van der Waals surface area contributed by atoms with Gasteiger partial charge in [0, 0.05) is 0 Å². The molecule has 0 heterocycles. The molecule has 0 amide bonds. The Bertz CT molecular complexity index is 90.2. The van der Waals surface area contributed by atoms with Gasteiger partial charge in [-0.15, -0.1) is 0 Å². The Morgan fingerprint density at radius 3 is 1.91 bits per heavy atom. The van der Waals surface area contributed by atoms with Crippen molar-refractivity contribution in [2.45, 2.75) is 35.9 Å². The van der Waals surface area contributed by atoms with Gasteiger partial charge in [-0.2, -0.15) is 0 Å². The van der Waals surface area contributed by atoms with Gasteiger partial charge >= 0.3 is 0 Å². The second-order valence-electron chi connectivity index (χ2n) is 2.57. The first-order valence-corrected chi connectivity index (χ1v) is 4.96. The van der Waals surface area contributed by atoms with Gasteiger partial charge in [-0.05, 0) is 25.8 Å². The third-order valence-electron chi connectivity index (χ3n) is 1.41. The Balaban J connectivity index is 3.02. The molecule has 0 saturated heterocycles. The van der Waals surface area contributed by atoms with Gasteiger partial charge in [-0.1, -0.05) is 47.6 Å². The van der Waals surface area contributed by atoms with Crippen molar-refractivity contribution in [2.24, 2.45) is 5.73 Å². The molecule has 68 valence electrons. The van der Waals surface area contributed by atoms with Crippen molar-refractivity contribution in [3.63, 3.8) is 0 Å². The van der Waals surface area contributed by atoms with Gasteiger partial charge in [0.05, 0.1) is 0 Å². The molecule has 0 saturated carbocycles. The minimum atomic E-state index is -1.07. The average molecular weight is 219 g/mol. The number of nitrogens with two attached hydrogens (primary N) is 1. The van der Waals surface area contributed by atoms with Crippen LogP contribution in [0.3, 0.4) is 0 Å². The molecule has 11 heavy (non-hydrogen) atoms. The summed E-state index contributed by atoms with van der Waals surface area (Å²) in [5.74, 6) is 0. The molecule has 0 rings (SSSR count). The van der Waals surface area contributed by atoms with Crippen LogP contribution in [0.4, 0.5) is 0 Å². The predicted molar refractivity (Wildman–Crippen MR) is 52.4 cm³/mol. The van der Waals surface area contributed by atoms with E-state index in [0.717, 1.165) is 32.2 Å². The third-order valence-corrected chi connectivity index (χ3v) is 1.98. The highest BCUT2D eigenvalue weighted by atomic mass is 35.6. The SMILES string of the molecule is NCCCCCCC(Cl)(Cl)Cl. The number of hydrogen-bond donors (Lipinski definition) is 1. The molecule has 0 unspecified atom stereocenters. The van der Waals surface area contributed by atoms with Crippen LogP contribution in [0.2, 0.25) is 0 Å². The maximum Gasteiger partial charge on any atom is 0.190 e. The Labute approximate surface area is 83.2 Å². The van der Waals surface area contributed by atoms with Crippen LogP contribution in [0.15, 0.2) is 0 Å². The fourth-order valence-corrected chi connectivity index (χ4v) is 1.22.